The molecule has 10 heavy (non-hydrogen) atoms. The van der Waals surface area contributed by atoms with E-state index >= 15 is 0 Å². The predicted octanol–water partition coefficient (Wildman–Crippen LogP) is -0.661. The highest BCUT2D eigenvalue weighted by Crippen LogP contribution is 2.01. The number of carbonyl (C=O) groups is 2. The lowest BCUT2D eigenvalue weighted by Gasteiger charge is -2.07. The summed E-state index contributed by atoms with van der Waals surface area (Å²) in [6.07, 6.45) is 2.41. The number of carbonyl (C=O) groups excluding carboxylic acids is 2. The van der Waals surface area contributed by atoms with Crippen molar-refractivity contribution in [1.29, 1.82) is 5.26 Å². The van der Waals surface area contributed by atoms with Crippen LogP contribution in [0.4, 0.5) is 0 Å². The van der Waals surface area contributed by atoms with E-state index in [1.807, 2.05) is 0 Å². The third-order valence-corrected chi connectivity index (χ3v) is 1.15. The Morgan fingerprint density at radius 2 is 2.30 bits per heavy atom. The summed E-state index contributed by atoms with van der Waals surface area (Å²) in [6.45, 7) is 0. The molecule has 0 radical (unpaired) electrons. The molecule has 1 aliphatic rings. The Morgan fingerprint density at radius 3 is 2.70 bits per heavy atom. The molecule has 50 valence electrons. The number of ketones is 1. The summed E-state index contributed by atoms with van der Waals surface area (Å²) in [5.74, 6) is -2.15. The lowest BCUT2D eigenvalue weighted by Crippen LogP contribution is -2.34. The zero-order valence-electron chi connectivity index (χ0n) is 5.00. The van der Waals surface area contributed by atoms with E-state index in [1.165, 1.54) is 12.3 Å². The van der Waals surface area contributed by atoms with Crippen LogP contribution >= 0.6 is 0 Å². The topological polar surface area (TPSA) is 70.0 Å². The van der Waals surface area contributed by atoms with Crippen molar-refractivity contribution < 1.29 is 9.59 Å². The Bertz CT molecular complexity index is 249. The highest BCUT2D eigenvalue weighted by molar-refractivity contribution is 6.11. The van der Waals surface area contributed by atoms with Crippen LogP contribution in [0.15, 0.2) is 12.3 Å². The minimum atomic E-state index is -1.15. The van der Waals surface area contributed by atoms with Crippen LogP contribution in [0.2, 0.25) is 0 Å². The zero-order chi connectivity index (χ0) is 7.56. The number of nitrogens with zero attached hydrogens (tertiary/aromatic N) is 1. The molecule has 4 nitrogen and oxygen atoms in total. The number of amides is 1. The van der Waals surface area contributed by atoms with Crippen LogP contribution < -0.4 is 5.32 Å². The molecule has 1 amide bonds. The standard InChI is InChI=1S/C6H4N2O2/c7-3-4-5(9)1-2-8-6(4)10/h1-2,4H,(H,8,10). The normalized spacial score (nSPS) is 23.7. The van der Waals surface area contributed by atoms with Crippen molar-refractivity contribution in [2.45, 2.75) is 0 Å². The average molecular weight is 136 g/mol. The fraction of sp³-hybridized carbons (Fsp3) is 0.167. The Labute approximate surface area is 57.1 Å². The van der Waals surface area contributed by atoms with Crippen LogP contribution in [0.5, 0.6) is 0 Å². The van der Waals surface area contributed by atoms with E-state index in [9.17, 15) is 9.59 Å². The van der Waals surface area contributed by atoms with Gasteiger partial charge in [0.05, 0.1) is 6.07 Å². The Balaban J connectivity index is 2.91. The number of hydrogen-bond donors (Lipinski definition) is 1. The summed E-state index contributed by atoms with van der Waals surface area (Å²) >= 11 is 0. The van der Waals surface area contributed by atoms with E-state index < -0.39 is 17.6 Å². The summed E-state index contributed by atoms with van der Waals surface area (Å²) in [5, 5.41) is 10.5. The minimum Gasteiger partial charge on any atom is -0.331 e. The van der Waals surface area contributed by atoms with Crippen molar-refractivity contribution in [3.8, 4) is 6.07 Å². The summed E-state index contributed by atoms with van der Waals surface area (Å²) in [4.78, 5) is 21.3. The Hall–Kier alpha value is -1.63. The molecule has 1 aliphatic heterocycles. The molecule has 0 bridgehead atoms. The molecular weight excluding hydrogens is 132 g/mol. The lowest BCUT2D eigenvalue weighted by molar-refractivity contribution is -0.129. The lowest BCUT2D eigenvalue weighted by atomic mass is 10.0. The molecule has 0 aromatic heterocycles. The van der Waals surface area contributed by atoms with Crippen molar-refractivity contribution in [2.75, 3.05) is 0 Å². The Kier molecular flexibility index (Phi) is 1.50. The van der Waals surface area contributed by atoms with Gasteiger partial charge in [-0.25, -0.2) is 0 Å². The maximum Gasteiger partial charge on any atom is 0.249 e. The second kappa shape index (κ2) is 2.31. The van der Waals surface area contributed by atoms with E-state index in [1.54, 1.807) is 6.07 Å². The third kappa shape index (κ3) is 0.890. The average Bonchev–Trinajstić information content (AvgIpc) is 1.88. The molecule has 1 unspecified atom stereocenters. The zero-order valence-corrected chi connectivity index (χ0v) is 5.00. The first-order valence-electron chi connectivity index (χ1n) is 2.66. The van der Waals surface area contributed by atoms with Crippen LogP contribution in [-0.2, 0) is 9.59 Å². The SMILES string of the molecule is N#CC1C(=O)C=CNC1=O. The number of hydrogen-bond acceptors (Lipinski definition) is 3. The van der Waals surface area contributed by atoms with Gasteiger partial charge in [0, 0.05) is 6.20 Å². The quantitative estimate of drug-likeness (QED) is 0.449. The van der Waals surface area contributed by atoms with Crippen LogP contribution in [-0.4, -0.2) is 11.7 Å². The predicted molar refractivity (Wildman–Crippen MR) is 31.4 cm³/mol. The molecule has 1 heterocycles. The maximum atomic E-state index is 10.7. The molecule has 1 rings (SSSR count). The fourth-order valence-electron chi connectivity index (χ4n) is 0.637. The van der Waals surface area contributed by atoms with Gasteiger partial charge in [0.15, 0.2) is 11.7 Å². The van der Waals surface area contributed by atoms with E-state index in [4.69, 9.17) is 5.26 Å². The first-order chi connectivity index (χ1) is 4.75. The van der Waals surface area contributed by atoms with E-state index in [0.29, 0.717) is 0 Å². The molecule has 1 N–H and O–H groups in total. The molecule has 1 atom stereocenters. The second-order valence-corrected chi connectivity index (χ2v) is 1.81. The molecular formula is C6H4N2O2. The minimum absolute atomic E-state index is 0.453. The molecule has 4 heteroatoms. The van der Waals surface area contributed by atoms with Gasteiger partial charge in [-0.3, -0.25) is 9.59 Å². The van der Waals surface area contributed by atoms with Crippen molar-refractivity contribution >= 4 is 11.7 Å². The second-order valence-electron chi connectivity index (χ2n) is 1.81. The van der Waals surface area contributed by atoms with Gasteiger partial charge in [0.25, 0.3) is 0 Å². The van der Waals surface area contributed by atoms with E-state index in [0.717, 1.165) is 0 Å². The van der Waals surface area contributed by atoms with Gasteiger partial charge in [-0.15, -0.1) is 0 Å². The number of nitrogens with one attached hydrogen (secondary N) is 1. The fourth-order valence-corrected chi connectivity index (χ4v) is 0.637. The Morgan fingerprint density at radius 1 is 1.60 bits per heavy atom. The number of rotatable bonds is 0. The van der Waals surface area contributed by atoms with Gasteiger partial charge in [-0.1, -0.05) is 0 Å². The van der Waals surface area contributed by atoms with E-state index in [2.05, 4.69) is 5.32 Å². The molecule has 0 saturated heterocycles. The van der Waals surface area contributed by atoms with Gasteiger partial charge < -0.3 is 5.32 Å². The maximum absolute atomic E-state index is 10.7. The van der Waals surface area contributed by atoms with Gasteiger partial charge in [-0.2, -0.15) is 5.26 Å². The van der Waals surface area contributed by atoms with Crippen molar-refractivity contribution in [3.63, 3.8) is 0 Å². The molecule has 0 saturated carbocycles. The van der Waals surface area contributed by atoms with Crippen molar-refractivity contribution in [1.82, 2.24) is 5.32 Å². The van der Waals surface area contributed by atoms with Crippen LogP contribution in [0.1, 0.15) is 0 Å². The van der Waals surface area contributed by atoms with Crippen LogP contribution in [0, 0.1) is 17.2 Å². The van der Waals surface area contributed by atoms with Crippen molar-refractivity contribution in [2.24, 2.45) is 5.92 Å². The summed E-state index contributed by atoms with van der Waals surface area (Å²) in [5.41, 5.74) is 0. The first-order valence-corrected chi connectivity index (χ1v) is 2.66. The first kappa shape index (κ1) is 6.49. The number of allylic oxidation sites excluding steroid dienone is 1. The molecule has 0 aliphatic carbocycles. The summed E-state index contributed by atoms with van der Waals surface area (Å²) < 4.78 is 0. The molecule has 0 aromatic carbocycles. The largest absolute Gasteiger partial charge is 0.331 e. The summed E-state index contributed by atoms with van der Waals surface area (Å²) in [7, 11) is 0. The molecule has 0 spiro atoms. The van der Waals surface area contributed by atoms with Gasteiger partial charge >= 0.3 is 0 Å². The van der Waals surface area contributed by atoms with Gasteiger partial charge in [0.2, 0.25) is 5.91 Å². The van der Waals surface area contributed by atoms with Gasteiger partial charge in [-0.05, 0) is 6.08 Å². The molecule has 0 aromatic rings. The number of nitriles is 1. The summed E-state index contributed by atoms with van der Waals surface area (Å²) in [6, 6.07) is 1.59. The van der Waals surface area contributed by atoms with Gasteiger partial charge in [0.1, 0.15) is 0 Å². The van der Waals surface area contributed by atoms with Crippen LogP contribution in [0.3, 0.4) is 0 Å². The highest BCUT2D eigenvalue weighted by Gasteiger charge is 2.26. The van der Waals surface area contributed by atoms with Crippen molar-refractivity contribution in [3.05, 3.63) is 12.3 Å². The smallest absolute Gasteiger partial charge is 0.249 e. The highest BCUT2D eigenvalue weighted by atomic mass is 16.2. The monoisotopic (exact) mass is 136 g/mol. The molecule has 0 fully saturated rings. The van der Waals surface area contributed by atoms with Crippen LogP contribution in [0.25, 0.3) is 0 Å². The van der Waals surface area contributed by atoms with E-state index in [-0.39, 0.29) is 0 Å². The third-order valence-electron chi connectivity index (χ3n) is 1.15.